The number of nitrogens with zero attached hydrogens (tertiary/aromatic N) is 5. The Balaban J connectivity index is 1.32. The first kappa shape index (κ1) is 24.4. The molecule has 6 rings (SSSR count). The van der Waals surface area contributed by atoms with Crippen LogP contribution in [-0.2, 0) is 15.9 Å². The van der Waals surface area contributed by atoms with Gasteiger partial charge in [0, 0.05) is 41.1 Å². The fourth-order valence-electron chi connectivity index (χ4n) is 6.40. The van der Waals surface area contributed by atoms with E-state index in [1.54, 1.807) is 11.0 Å². The highest BCUT2D eigenvalue weighted by Crippen LogP contribution is 2.45. The highest BCUT2D eigenvalue weighted by atomic mass is 35.5. The predicted octanol–water partition coefficient (Wildman–Crippen LogP) is 4.80. The van der Waals surface area contributed by atoms with Gasteiger partial charge in [-0.25, -0.2) is 9.83 Å². The number of hydrogen-bond acceptors (Lipinski definition) is 5. The van der Waals surface area contributed by atoms with Gasteiger partial charge in [0.2, 0.25) is 5.69 Å². The van der Waals surface area contributed by atoms with Gasteiger partial charge < -0.3 is 4.90 Å². The van der Waals surface area contributed by atoms with E-state index in [9.17, 15) is 9.00 Å². The molecule has 2 aliphatic heterocycles. The molecule has 2 aromatic rings. The number of hydrogen-bond donors (Lipinski definition) is 0. The maximum absolute atomic E-state index is 13.1. The van der Waals surface area contributed by atoms with E-state index >= 15 is 0 Å². The van der Waals surface area contributed by atoms with E-state index in [0.29, 0.717) is 52.8 Å². The van der Waals surface area contributed by atoms with Crippen LogP contribution in [0.2, 0.25) is 5.02 Å². The molecule has 1 saturated heterocycles. The molecule has 4 aliphatic rings. The Morgan fingerprint density at radius 2 is 1.89 bits per heavy atom. The molecular weight excluding hydrogens is 506 g/mol. The van der Waals surface area contributed by atoms with Gasteiger partial charge in [0.05, 0.1) is 29.7 Å². The fourth-order valence-corrected chi connectivity index (χ4v) is 7.93. The number of fused-ring (bicyclic) bond motifs is 3. The number of benzene rings is 1. The third-order valence-corrected chi connectivity index (χ3v) is 10.5. The van der Waals surface area contributed by atoms with Crippen molar-refractivity contribution in [1.29, 1.82) is 0 Å². The van der Waals surface area contributed by atoms with Gasteiger partial charge in [-0.3, -0.25) is 14.0 Å². The molecule has 2 aliphatic carbocycles. The summed E-state index contributed by atoms with van der Waals surface area (Å²) in [6, 6.07) is 9.68. The van der Waals surface area contributed by atoms with Crippen molar-refractivity contribution in [1.82, 2.24) is 9.88 Å². The van der Waals surface area contributed by atoms with Gasteiger partial charge in [-0.05, 0) is 71.3 Å². The summed E-state index contributed by atoms with van der Waals surface area (Å²) in [6.45, 7) is 8.25. The van der Waals surface area contributed by atoms with Crippen LogP contribution in [0.1, 0.15) is 53.8 Å². The minimum absolute atomic E-state index is 0.104. The first-order valence-electron chi connectivity index (χ1n) is 13.0. The molecule has 0 bridgehead atoms. The number of aryl methyl sites for hydroxylation is 1. The van der Waals surface area contributed by atoms with Crippen molar-refractivity contribution in [2.24, 2.45) is 16.9 Å². The van der Waals surface area contributed by atoms with Crippen LogP contribution < -0.4 is 5.01 Å². The zero-order valence-electron chi connectivity index (χ0n) is 20.7. The molecule has 2 fully saturated rings. The molecule has 2 atom stereocenters. The normalized spacial score (nSPS) is 24.8. The van der Waals surface area contributed by atoms with E-state index in [1.165, 1.54) is 25.7 Å². The van der Waals surface area contributed by atoms with Crippen LogP contribution in [0.15, 0.2) is 35.4 Å². The van der Waals surface area contributed by atoms with E-state index in [-0.39, 0.29) is 11.9 Å². The molecule has 192 valence electrons. The van der Waals surface area contributed by atoms with Crippen molar-refractivity contribution in [3.63, 3.8) is 0 Å². The summed E-state index contributed by atoms with van der Waals surface area (Å²) in [6.07, 6.45) is 6.64. The predicted molar refractivity (Wildman–Crippen MR) is 149 cm³/mol. The molecule has 9 heteroatoms. The first-order chi connectivity index (χ1) is 17.8. The summed E-state index contributed by atoms with van der Waals surface area (Å²) in [5.41, 5.74) is 4.81. The van der Waals surface area contributed by atoms with Gasteiger partial charge in [0.25, 0.3) is 5.91 Å². The lowest BCUT2D eigenvalue weighted by Gasteiger charge is -2.34. The molecular formula is C28H30ClN5O2S. The second kappa shape index (κ2) is 9.45. The zero-order valence-corrected chi connectivity index (χ0v) is 22.3. The van der Waals surface area contributed by atoms with Crippen LogP contribution in [0.4, 0.5) is 11.4 Å². The van der Waals surface area contributed by atoms with E-state index < -0.39 is 9.52 Å². The second-order valence-electron chi connectivity index (χ2n) is 10.6. The Hall–Kier alpha value is -2.89. The summed E-state index contributed by atoms with van der Waals surface area (Å²) in [7, 11) is -2.06. The maximum atomic E-state index is 13.1. The Morgan fingerprint density at radius 1 is 1.14 bits per heavy atom. The van der Waals surface area contributed by atoms with Gasteiger partial charge in [-0.1, -0.05) is 30.5 Å². The van der Waals surface area contributed by atoms with Gasteiger partial charge in [0.15, 0.2) is 0 Å². The van der Waals surface area contributed by atoms with Crippen LogP contribution in [-0.4, -0.2) is 62.2 Å². The first-order valence-corrected chi connectivity index (χ1v) is 15.5. The van der Waals surface area contributed by atoms with Crippen LogP contribution in [0, 0.1) is 18.4 Å². The van der Waals surface area contributed by atoms with E-state index in [4.69, 9.17) is 28.3 Å². The summed E-state index contributed by atoms with van der Waals surface area (Å²) in [5.74, 6) is 5.44. The molecule has 1 aromatic carbocycles. The van der Waals surface area contributed by atoms with Crippen molar-refractivity contribution < 1.29 is 9.00 Å². The van der Waals surface area contributed by atoms with Crippen molar-refractivity contribution in [2.45, 2.75) is 44.6 Å². The molecule has 0 N–H and O–H groups in total. The lowest BCUT2D eigenvalue weighted by molar-refractivity contribution is 0.0765. The van der Waals surface area contributed by atoms with E-state index in [2.05, 4.69) is 15.7 Å². The number of amides is 1. The summed E-state index contributed by atoms with van der Waals surface area (Å²) in [4.78, 5) is 23.2. The Morgan fingerprint density at radius 3 is 2.59 bits per heavy atom. The zero-order chi connectivity index (χ0) is 25.7. The van der Waals surface area contributed by atoms with Gasteiger partial charge in [0.1, 0.15) is 5.69 Å². The standard InChI is InChI=1S/C28H30ClN5O2S/c1-30-24-10-7-19(17-22(24)29)34-27(18-5-3-4-6-18)21-9-11-23-20(26(21)32-34)8-12-25(31-23)28(35)33-13-15-37(2,36)16-14-33/h7-8,10,12,17-18,21,27H,2-6,9,11,13-16H2. The summed E-state index contributed by atoms with van der Waals surface area (Å²) < 4.78 is 12.2. The molecule has 1 saturated carbocycles. The molecule has 3 heterocycles. The van der Waals surface area contributed by atoms with Crippen LogP contribution >= 0.6 is 11.6 Å². The molecule has 37 heavy (non-hydrogen) atoms. The SMILES string of the molecule is [C-]#[N+]c1ccc(N2N=C3c4ccc(C(=O)N5CCS(=C)(=O)CC5)nc4CCC3C2C2CCCC2)cc1Cl. The molecule has 7 nitrogen and oxygen atoms in total. The monoisotopic (exact) mass is 535 g/mol. The molecule has 1 amide bonds. The van der Waals surface area contributed by atoms with Gasteiger partial charge in [-0.2, -0.15) is 5.10 Å². The number of hydrazone groups is 1. The molecule has 2 unspecified atom stereocenters. The van der Waals surface area contributed by atoms with Crippen molar-refractivity contribution in [3.05, 3.63) is 63.7 Å². The Labute approximate surface area is 223 Å². The van der Waals surface area contributed by atoms with Crippen molar-refractivity contribution in [2.75, 3.05) is 29.6 Å². The smallest absolute Gasteiger partial charge is 0.272 e. The van der Waals surface area contributed by atoms with Gasteiger partial charge in [-0.15, -0.1) is 0 Å². The highest BCUT2D eigenvalue weighted by Gasteiger charge is 2.46. The fraction of sp³-hybridized carbons (Fsp3) is 0.464. The molecule has 0 radical (unpaired) electrons. The number of rotatable bonds is 3. The number of halogens is 1. The number of pyridine rings is 1. The maximum Gasteiger partial charge on any atom is 0.272 e. The quantitative estimate of drug-likeness (QED) is 0.418. The minimum Gasteiger partial charge on any atom is -0.336 e. The van der Waals surface area contributed by atoms with E-state index in [0.717, 1.165) is 35.5 Å². The minimum atomic E-state index is -2.06. The van der Waals surface area contributed by atoms with Crippen LogP contribution in [0.3, 0.4) is 0 Å². The Bertz CT molecular complexity index is 1430. The van der Waals surface area contributed by atoms with Crippen molar-refractivity contribution >= 4 is 50.0 Å². The lowest BCUT2D eigenvalue weighted by Crippen LogP contribution is -2.44. The third-order valence-electron chi connectivity index (χ3n) is 8.38. The van der Waals surface area contributed by atoms with Crippen LogP contribution in [0.5, 0.6) is 0 Å². The summed E-state index contributed by atoms with van der Waals surface area (Å²) in [5, 5.41) is 7.76. The Kier molecular flexibility index (Phi) is 6.24. The summed E-state index contributed by atoms with van der Waals surface area (Å²) >= 11 is 6.42. The number of anilines is 1. The number of carbonyl (C=O) groups excluding carboxylic acids is 1. The van der Waals surface area contributed by atoms with Gasteiger partial charge >= 0.3 is 0 Å². The topological polar surface area (TPSA) is 70.2 Å². The molecule has 1 aromatic heterocycles. The average Bonchev–Trinajstić information content (AvgIpc) is 3.56. The second-order valence-corrected chi connectivity index (χ2v) is 13.8. The van der Waals surface area contributed by atoms with E-state index in [1.807, 2.05) is 24.3 Å². The highest BCUT2D eigenvalue weighted by molar-refractivity contribution is 8.00. The van der Waals surface area contributed by atoms with Crippen LogP contribution in [0.25, 0.3) is 4.85 Å². The third kappa shape index (κ3) is 4.42. The molecule has 0 spiro atoms. The van der Waals surface area contributed by atoms with Crippen molar-refractivity contribution in [3.8, 4) is 0 Å². The number of aromatic nitrogens is 1. The lowest BCUT2D eigenvalue weighted by atomic mass is 9.76. The average molecular weight is 536 g/mol. The largest absolute Gasteiger partial charge is 0.336 e. The number of carbonyl (C=O) groups is 1.